The van der Waals surface area contributed by atoms with E-state index in [0.29, 0.717) is 0 Å². The minimum atomic E-state index is -4.51. The summed E-state index contributed by atoms with van der Waals surface area (Å²) >= 11 is 0. The second-order valence-corrected chi connectivity index (χ2v) is 6.61. The third kappa shape index (κ3) is 5.05. The van der Waals surface area contributed by atoms with Crippen molar-refractivity contribution in [1.82, 2.24) is 0 Å². The highest BCUT2D eigenvalue weighted by Crippen LogP contribution is 2.35. The quantitative estimate of drug-likeness (QED) is 0.310. The zero-order chi connectivity index (χ0) is 22.8. The van der Waals surface area contributed by atoms with Crippen LogP contribution in [0.1, 0.15) is 18.1 Å². The molecule has 8 nitrogen and oxygen atoms in total. The minimum Gasteiger partial charge on any atom is -0.490 e. The molecule has 1 amide bonds. The van der Waals surface area contributed by atoms with Crippen LogP contribution in [0.15, 0.2) is 42.5 Å². The van der Waals surface area contributed by atoms with E-state index in [4.69, 9.17) is 25.4 Å². The Morgan fingerprint density at radius 2 is 2.00 bits per heavy atom. The fraction of sp³-hybridized carbons (Fsp3) is 0.250. The lowest BCUT2D eigenvalue weighted by atomic mass is 10.1. The van der Waals surface area contributed by atoms with Crippen LogP contribution in [-0.2, 0) is 15.7 Å². The number of anilines is 1. The second-order valence-electron chi connectivity index (χ2n) is 6.61. The van der Waals surface area contributed by atoms with Gasteiger partial charge in [0.25, 0.3) is 0 Å². The van der Waals surface area contributed by atoms with E-state index >= 15 is 0 Å². The van der Waals surface area contributed by atoms with E-state index in [1.165, 1.54) is 35.2 Å². The summed E-state index contributed by atoms with van der Waals surface area (Å²) in [7, 11) is 0. The molecule has 1 fully saturated rings. The van der Waals surface area contributed by atoms with Crippen molar-refractivity contribution in [3.63, 3.8) is 0 Å². The van der Waals surface area contributed by atoms with E-state index in [0.717, 1.165) is 19.1 Å². The number of carbonyl (C=O) groups is 2. The van der Waals surface area contributed by atoms with Crippen LogP contribution in [0.5, 0.6) is 11.5 Å². The average Bonchev–Trinajstić information content (AvgIpc) is 3.06. The maximum atomic E-state index is 12.8. The Balaban J connectivity index is 1.76. The Kier molecular flexibility index (Phi) is 6.04. The molecule has 1 aliphatic rings. The number of amides is 1. The fourth-order valence-electron chi connectivity index (χ4n) is 2.96. The Hall–Kier alpha value is -3.76. The van der Waals surface area contributed by atoms with Crippen molar-refractivity contribution >= 4 is 23.6 Å². The molecule has 1 unspecified atom stereocenters. The second kappa shape index (κ2) is 8.54. The van der Waals surface area contributed by atoms with Gasteiger partial charge in [0, 0.05) is 6.92 Å². The Bertz CT molecular complexity index is 1030. The molecule has 0 spiro atoms. The zero-order valence-corrected chi connectivity index (χ0v) is 16.2. The molecule has 11 heteroatoms. The number of alkyl halides is 3. The van der Waals surface area contributed by atoms with Crippen molar-refractivity contribution in [2.24, 2.45) is 5.73 Å². The molecule has 164 valence electrons. The third-order valence-corrected chi connectivity index (χ3v) is 4.29. The van der Waals surface area contributed by atoms with Gasteiger partial charge in [0.15, 0.2) is 11.9 Å². The van der Waals surface area contributed by atoms with Gasteiger partial charge in [0.05, 0.1) is 23.4 Å². The van der Waals surface area contributed by atoms with Crippen LogP contribution < -0.4 is 20.1 Å². The molecule has 3 N–H and O–H groups in total. The summed E-state index contributed by atoms with van der Waals surface area (Å²) in [6.07, 6.45) is -6.08. The van der Waals surface area contributed by atoms with Gasteiger partial charge in [0.1, 0.15) is 18.2 Å². The molecule has 2 aromatic rings. The predicted octanol–water partition coefficient (Wildman–Crippen LogP) is 3.32. The van der Waals surface area contributed by atoms with Crippen LogP contribution in [0.3, 0.4) is 0 Å². The van der Waals surface area contributed by atoms with Crippen LogP contribution in [0, 0.1) is 5.41 Å². The summed E-state index contributed by atoms with van der Waals surface area (Å²) in [6.45, 7) is 0.945. The molecular formula is C20H18F3N3O5. The van der Waals surface area contributed by atoms with Crippen LogP contribution in [-0.4, -0.2) is 37.2 Å². The molecule has 1 atom stereocenters. The Morgan fingerprint density at radius 3 is 2.65 bits per heavy atom. The normalized spacial score (nSPS) is 16.1. The summed E-state index contributed by atoms with van der Waals surface area (Å²) in [5, 5.41) is 7.65. The first kappa shape index (κ1) is 21.9. The molecule has 1 aliphatic heterocycles. The average molecular weight is 437 g/mol. The van der Waals surface area contributed by atoms with Crippen molar-refractivity contribution < 1.29 is 37.0 Å². The number of cyclic esters (lactones) is 1. The molecule has 0 aromatic heterocycles. The number of nitrogens with zero attached hydrogens (tertiary/aromatic N) is 1. The lowest BCUT2D eigenvalue weighted by Crippen LogP contribution is -2.28. The highest BCUT2D eigenvalue weighted by atomic mass is 19.4. The maximum absolute atomic E-state index is 12.8. The van der Waals surface area contributed by atoms with Gasteiger partial charge in [-0.3, -0.25) is 15.1 Å². The first-order valence-corrected chi connectivity index (χ1v) is 9.00. The summed E-state index contributed by atoms with van der Waals surface area (Å²) in [5.74, 6) is -1.13. The van der Waals surface area contributed by atoms with E-state index < -0.39 is 29.9 Å². The molecule has 1 heterocycles. The first-order chi connectivity index (χ1) is 14.6. The van der Waals surface area contributed by atoms with Gasteiger partial charge in [0.2, 0.25) is 0 Å². The van der Waals surface area contributed by atoms with Gasteiger partial charge < -0.3 is 19.9 Å². The van der Waals surface area contributed by atoms with Crippen molar-refractivity contribution in [1.29, 1.82) is 5.41 Å². The maximum Gasteiger partial charge on any atom is 0.416 e. The number of nitrogen functional groups attached to an aromatic ring is 1. The largest absolute Gasteiger partial charge is 0.490 e. The van der Waals surface area contributed by atoms with Crippen LogP contribution in [0.4, 0.5) is 23.7 Å². The molecule has 31 heavy (non-hydrogen) atoms. The lowest BCUT2D eigenvalue weighted by Gasteiger charge is -2.19. The number of nitrogens with two attached hydrogens (primary N) is 1. The number of nitrogens with one attached hydrogen (secondary N) is 1. The van der Waals surface area contributed by atoms with Crippen molar-refractivity contribution in [3.05, 3.63) is 53.6 Å². The highest BCUT2D eigenvalue weighted by Gasteiger charge is 2.36. The van der Waals surface area contributed by atoms with Gasteiger partial charge in [-0.25, -0.2) is 4.79 Å². The summed E-state index contributed by atoms with van der Waals surface area (Å²) < 4.78 is 54.2. The number of esters is 1. The van der Waals surface area contributed by atoms with Crippen molar-refractivity contribution in [2.75, 3.05) is 18.1 Å². The number of ether oxygens (including phenoxy) is 3. The monoisotopic (exact) mass is 437 g/mol. The lowest BCUT2D eigenvalue weighted by molar-refractivity contribution is -0.137. The van der Waals surface area contributed by atoms with E-state index in [1.807, 2.05) is 0 Å². The number of para-hydroxylation sites is 1. The predicted molar refractivity (Wildman–Crippen MR) is 103 cm³/mol. The fourth-order valence-corrected chi connectivity index (χ4v) is 2.96. The zero-order valence-electron chi connectivity index (χ0n) is 16.2. The molecule has 1 saturated heterocycles. The molecule has 0 saturated carbocycles. The number of amidine groups is 1. The Labute approximate surface area is 174 Å². The molecule has 0 radical (unpaired) electrons. The van der Waals surface area contributed by atoms with Crippen LogP contribution in [0.2, 0.25) is 0 Å². The number of hydrogen-bond donors (Lipinski definition) is 2. The first-order valence-electron chi connectivity index (χ1n) is 9.00. The van der Waals surface area contributed by atoms with E-state index in [-0.39, 0.29) is 41.7 Å². The molecule has 0 aliphatic carbocycles. The van der Waals surface area contributed by atoms with Crippen LogP contribution >= 0.6 is 0 Å². The van der Waals surface area contributed by atoms with Gasteiger partial charge in [-0.2, -0.15) is 13.2 Å². The van der Waals surface area contributed by atoms with Crippen LogP contribution in [0.25, 0.3) is 0 Å². The standard InChI is InChI=1S/C20H18F3N3O5/c1-11(27)30-17-15(18(24)25)6-3-7-16(17)26-9-14(31-19(26)28)10-29-13-5-2-4-12(8-13)20(21,22)23/h2-8,14H,9-10H2,1H3,(H3,24,25). The van der Waals surface area contributed by atoms with E-state index in [9.17, 15) is 22.8 Å². The number of carbonyl (C=O) groups excluding carboxylic acids is 2. The smallest absolute Gasteiger partial charge is 0.416 e. The minimum absolute atomic E-state index is 0.0204. The van der Waals surface area contributed by atoms with Gasteiger partial charge in [-0.05, 0) is 30.3 Å². The topological polar surface area (TPSA) is 115 Å². The molecular weight excluding hydrogens is 419 g/mol. The highest BCUT2D eigenvalue weighted by molar-refractivity contribution is 6.02. The summed E-state index contributed by atoms with van der Waals surface area (Å²) in [6, 6.07) is 8.82. The van der Waals surface area contributed by atoms with Gasteiger partial charge in [-0.15, -0.1) is 0 Å². The van der Waals surface area contributed by atoms with Gasteiger partial charge in [-0.1, -0.05) is 12.1 Å². The number of rotatable bonds is 6. The number of halogens is 3. The number of hydrogen-bond acceptors (Lipinski definition) is 6. The summed E-state index contributed by atoms with van der Waals surface area (Å²) in [5.41, 5.74) is 4.95. The number of benzene rings is 2. The van der Waals surface area contributed by atoms with Gasteiger partial charge >= 0.3 is 18.2 Å². The van der Waals surface area contributed by atoms with Crippen molar-refractivity contribution in [2.45, 2.75) is 19.2 Å². The Morgan fingerprint density at radius 1 is 1.29 bits per heavy atom. The summed E-state index contributed by atoms with van der Waals surface area (Å²) in [4.78, 5) is 25.0. The molecule has 3 rings (SSSR count). The molecule has 2 aromatic carbocycles. The third-order valence-electron chi connectivity index (χ3n) is 4.29. The van der Waals surface area contributed by atoms with E-state index in [2.05, 4.69) is 0 Å². The van der Waals surface area contributed by atoms with Crippen molar-refractivity contribution in [3.8, 4) is 11.5 Å². The van der Waals surface area contributed by atoms with E-state index in [1.54, 1.807) is 0 Å². The molecule has 0 bridgehead atoms. The SMILES string of the molecule is CC(=O)Oc1c(C(=N)N)cccc1N1CC(COc2cccc(C(F)(F)F)c2)OC1=O.